The summed E-state index contributed by atoms with van der Waals surface area (Å²) in [4.78, 5) is 14.8. The number of benzene rings is 2. The normalized spacial score (nSPS) is 16.1. The van der Waals surface area contributed by atoms with E-state index < -0.39 is 6.10 Å². The Kier molecular flexibility index (Phi) is 5.46. The zero-order chi connectivity index (χ0) is 19.5. The molecular weight excluding hydrogens is 374 g/mol. The summed E-state index contributed by atoms with van der Waals surface area (Å²) in [7, 11) is 0. The number of anilines is 1. The molecule has 1 saturated heterocycles. The van der Waals surface area contributed by atoms with Gasteiger partial charge in [0.15, 0.2) is 0 Å². The molecule has 28 heavy (non-hydrogen) atoms. The average molecular weight is 396 g/mol. The summed E-state index contributed by atoms with van der Waals surface area (Å²) in [5.74, 6) is 0.190. The van der Waals surface area contributed by atoms with Gasteiger partial charge in [-0.1, -0.05) is 60.1 Å². The van der Waals surface area contributed by atoms with Gasteiger partial charge in [-0.15, -0.1) is 0 Å². The third-order valence-electron chi connectivity index (χ3n) is 5.37. The quantitative estimate of drug-likeness (QED) is 0.729. The van der Waals surface area contributed by atoms with Crippen LogP contribution in [0.4, 0.5) is 5.69 Å². The third kappa shape index (κ3) is 3.68. The fraction of sp³-hybridized carbons (Fsp3) is 0.273. The lowest BCUT2D eigenvalue weighted by Gasteiger charge is -2.35. The minimum Gasteiger partial charge on any atom is -0.388 e. The summed E-state index contributed by atoms with van der Waals surface area (Å²) in [6, 6.07) is 19.0. The molecule has 1 aliphatic heterocycles. The lowest BCUT2D eigenvalue weighted by atomic mass is 9.87. The van der Waals surface area contributed by atoms with E-state index in [1.54, 1.807) is 6.20 Å². The highest BCUT2D eigenvalue weighted by atomic mass is 35.5. The molecule has 2 heterocycles. The Balaban J connectivity index is 1.49. The molecular formula is C22H22ClN3O2. The van der Waals surface area contributed by atoms with Gasteiger partial charge in [-0.25, -0.2) is 0 Å². The van der Waals surface area contributed by atoms with Gasteiger partial charge in [0.2, 0.25) is 0 Å². The second-order valence-electron chi connectivity index (χ2n) is 7.08. The van der Waals surface area contributed by atoms with Crippen LogP contribution < -0.4 is 10.5 Å². The highest BCUT2D eigenvalue weighted by molar-refractivity contribution is 6.33. The van der Waals surface area contributed by atoms with Gasteiger partial charge in [-0.05, 0) is 36.5 Å². The summed E-state index contributed by atoms with van der Waals surface area (Å²) in [6.07, 6.45) is 2.84. The van der Waals surface area contributed by atoms with Crippen molar-refractivity contribution in [2.24, 2.45) is 5.92 Å². The highest BCUT2D eigenvalue weighted by Crippen LogP contribution is 2.33. The summed E-state index contributed by atoms with van der Waals surface area (Å²) in [6.45, 7) is 1.45. The van der Waals surface area contributed by atoms with Crippen molar-refractivity contribution >= 4 is 17.3 Å². The molecule has 0 spiro atoms. The molecule has 1 aliphatic rings. The first-order valence-electron chi connectivity index (χ1n) is 9.46. The number of aliphatic hydroxyl groups excluding tert-OH is 1. The molecule has 1 N–H and O–H groups in total. The average Bonchev–Trinajstić information content (AvgIpc) is 2.76. The molecule has 0 radical (unpaired) electrons. The topological polar surface area (TPSA) is 58.4 Å². The van der Waals surface area contributed by atoms with Crippen molar-refractivity contribution in [1.82, 2.24) is 9.78 Å². The maximum atomic E-state index is 12.7. The molecule has 3 aromatic rings. The first-order valence-corrected chi connectivity index (χ1v) is 9.84. The van der Waals surface area contributed by atoms with E-state index >= 15 is 0 Å². The van der Waals surface area contributed by atoms with E-state index in [-0.39, 0.29) is 16.5 Å². The van der Waals surface area contributed by atoms with Gasteiger partial charge in [-0.3, -0.25) is 4.79 Å². The number of halogens is 1. The Morgan fingerprint density at radius 3 is 2.25 bits per heavy atom. The van der Waals surface area contributed by atoms with Crippen LogP contribution in [-0.4, -0.2) is 28.0 Å². The maximum Gasteiger partial charge on any atom is 0.292 e. The molecule has 0 amide bonds. The second kappa shape index (κ2) is 8.17. The predicted octanol–water partition coefficient (Wildman–Crippen LogP) is 3.84. The van der Waals surface area contributed by atoms with Crippen LogP contribution in [0, 0.1) is 5.92 Å². The van der Waals surface area contributed by atoms with Crippen molar-refractivity contribution in [1.29, 1.82) is 0 Å². The van der Waals surface area contributed by atoms with Gasteiger partial charge < -0.3 is 10.0 Å². The summed E-state index contributed by atoms with van der Waals surface area (Å²) >= 11 is 6.41. The Labute approximate surface area is 168 Å². The molecule has 5 nitrogen and oxygen atoms in total. The van der Waals surface area contributed by atoms with Crippen LogP contribution in [0.15, 0.2) is 71.7 Å². The number of para-hydroxylation sites is 1. The highest BCUT2D eigenvalue weighted by Gasteiger charge is 2.28. The Morgan fingerprint density at radius 1 is 1.00 bits per heavy atom. The van der Waals surface area contributed by atoms with Crippen LogP contribution in [0.3, 0.4) is 0 Å². The number of piperidine rings is 1. The first-order chi connectivity index (χ1) is 13.6. The van der Waals surface area contributed by atoms with E-state index in [0.717, 1.165) is 31.5 Å². The zero-order valence-corrected chi connectivity index (χ0v) is 16.2. The van der Waals surface area contributed by atoms with E-state index in [1.165, 1.54) is 4.68 Å². The molecule has 1 aromatic heterocycles. The number of hydrogen-bond donors (Lipinski definition) is 1. The summed E-state index contributed by atoms with van der Waals surface area (Å²) in [5, 5.41) is 15.1. The standard InChI is InChI=1S/C22H22ClN3O2/c23-20-19(15-24-26(22(20)28)18-9-5-2-6-10-18)25-13-11-17(12-14-25)21(27)16-7-3-1-4-8-16/h1-10,15,17,21,27H,11-14H2. The zero-order valence-electron chi connectivity index (χ0n) is 15.4. The Morgan fingerprint density at radius 2 is 1.61 bits per heavy atom. The van der Waals surface area contributed by atoms with Gasteiger partial charge in [0.1, 0.15) is 5.02 Å². The molecule has 6 heteroatoms. The minimum atomic E-state index is -0.469. The summed E-state index contributed by atoms with van der Waals surface area (Å²) in [5.41, 5.74) is 1.97. The molecule has 2 aromatic carbocycles. The molecule has 144 valence electrons. The lowest BCUT2D eigenvalue weighted by molar-refractivity contribution is 0.0929. The molecule has 0 saturated carbocycles. The predicted molar refractivity (Wildman–Crippen MR) is 111 cm³/mol. The van der Waals surface area contributed by atoms with E-state index in [1.807, 2.05) is 60.7 Å². The Bertz CT molecular complexity index is 984. The number of hydrogen-bond acceptors (Lipinski definition) is 4. The number of aromatic nitrogens is 2. The van der Waals surface area contributed by atoms with Crippen molar-refractivity contribution in [2.45, 2.75) is 18.9 Å². The molecule has 0 aliphatic carbocycles. The SMILES string of the molecule is O=c1c(Cl)c(N2CCC(C(O)c3ccccc3)CC2)cnn1-c1ccccc1. The van der Waals surface area contributed by atoms with Crippen molar-refractivity contribution in [3.63, 3.8) is 0 Å². The van der Waals surface area contributed by atoms with Gasteiger partial charge >= 0.3 is 0 Å². The smallest absolute Gasteiger partial charge is 0.292 e. The van der Waals surface area contributed by atoms with Crippen LogP contribution in [-0.2, 0) is 0 Å². The van der Waals surface area contributed by atoms with Gasteiger partial charge in [0, 0.05) is 13.1 Å². The molecule has 1 atom stereocenters. The molecule has 4 rings (SSSR count). The van der Waals surface area contributed by atoms with E-state index in [2.05, 4.69) is 10.00 Å². The third-order valence-corrected chi connectivity index (χ3v) is 5.72. The first kappa shape index (κ1) is 18.7. The van der Waals surface area contributed by atoms with Gasteiger partial charge in [0.05, 0.1) is 23.7 Å². The van der Waals surface area contributed by atoms with Gasteiger partial charge in [-0.2, -0.15) is 9.78 Å². The van der Waals surface area contributed by atoms with Crippen molar-refractivity contribution in [2.75, 3.05) is 18.0 Å². The van der Waals surface area contributed by atoms with Crippen LogP contribution in [0.25, 0.3) is 5.69 Å². The van der Waals surface area contributed by atoms with Crippen LogP contribution in [0.1, 0.15) is 24.5 Å². The molecule has 0 bridgehead atoms. The van der Waals surface area contributed by atoms with E-state index in [9.17, 15) is 9.90 Å². The molecule has 1 unspecified atom stereocenters. The minimum absolute atomic E-state index is 0.181. The number of rotatable bonds is 4. The monoisotopic (exact) mass is 395 g/mol. The van der Waals surface area contributed by atoms with Crippen LogP contribution in [0.5, 0.6) is 0 Å². The fourth-order valence-electron chi connectivity index (χ4n) is 3.78. The molecule has 1 fully saturated rings. The number of aliphatic hydroxyl groups is 1. The van der Waals surface area contributed by atoms with Gasteiger partial charge in [0.25, 0.3) is 5.56 Å². The van der Waals surface area contributed by atoms with E-state index in [4.69, 9.17) is 11.6 Å². The van der Waals surface area contributed by atoms with Crippen LogP contribution in [0.2, 0.25) is 5.02 Å². The lowest BCUT2D eigenvalue weighted by Crippen LogP contribution is -2.37. The van der Waals surface area contributed by atoms with Crippen molar-refractivity contribution in [3.05, 3.63) is 87.8 Å². The Hall–Kier alpha value is -2.63. The fourth-order valence-corrected chi connectivity index (χ4v) is 4.02. The van der Waals surface area contributed by atoms with E-state index in [0.29, 0.717) is 11.4 Å². The van der Waals surface area contributed by atoms with Crippen LogP contribution >= 0.6 is 11.6 Å². The number of nitrogens with zero attached hydrogens (tertiary/aromatic N) is 3. The van der Waals surface area contributed by atoms with Crippen molar-refractivity contribution in [3.8, 4) is 5.69 Å². The van der Waals surface area contributed by atoms with Crippen molar-refractivity contribution < 1.29 is 5.11 Å². The second-order valence-corrected chi connectivity index (χ2v) is 7.45. The maximum absolute atomic E-state index is 12.7. The largest absolute Gasteiger partial charge is 0.388 e. The summed E-state index contributed by atoms with van der Waals surface area (Å²) < 4.78 is 1.32.